The molecule has 1 rings (SSSR count). The van der Waals surface area contributed by atoms with Gasteiger partial charge in [0.05, 0.1) is 17.0 Å². The minimum absolute atomic E-state index is 0.0139. The summed E-state index contributed by atoms with van der Waals surface area (Å²) in [6, 6.07) is 4.45. The first kappa shape index (κ1) is 13.8. The minimum Gasteiger partial charge on any atom is -0.490 e. The smallest absolute Gasteiger partial charge is 0.309 e. The number of carboxylic acid groups (broad SMARTS) is 1. The third-order valence-corrected chi connectivity index (χ3v) is 2.77. The highest BCUT2D eigenvalue weighted by atomic mass is 35.5. The molecule has 0 saturated carbocycles. The van der Waals surface area contributed by atoms with Crippen LogP contribution in [0.1, 0.15) is 20.3 Å². The zero-order valence-corrected chi connectivity index (χ0v) is 10.4. The molecule has 17 heavy (non-hydrogen) atoms. The Morgan fingerprint density at radius 1 is 1.53 bits per heavy atom. The average molecular weight is 261 g/mol. The Balaban J connectivity index is 2.58. The highest BCUT2D eigenvalue weighted by Gasteiger charge is 2.26. The largest absolute Gasteiger partial charge is 0.490 e. The van der Waals surface area contributed by atoms with Gasteiger partial charge in [0.15, 0.2) is 11.6 Å². The van der Waals surface area contributed by atoms with Gasteiger partial charge in [-0.3, -0.25) is 4.79 Å². The molecule has 1 aromatic rings. The summed E-state index contributed by atoms with van der Waals surface area (Å²) in [6.45, 7) is 3.30. The molecule has 0 atom stereocenters. The normalized spacial score (nSPS) is 11.3. The van der Waals surface area contributed by atoms with Gasteiger partial charge in [-0.1, -0.05) is 17.7 Å². The van der Waals surface area contributed by atoms with Crippen molar-refractivity contribution in [3.63, 3.8) is 0 Å². The summed E-state index contributed by atoms with van der Waals surface area (Å²) in [5.74, 6) is -1.49. The Hall–Kier alpha value is -1.29. The standard InChI is InChI=1S/C12H14ClFO3/c1-12(2,11(15)16)6-7-17-9-5-3-4-8(13)10(9)14/h3-5H,6-7H2,1-2H3,(H,15,16). The number of halogens is 2. The van der Waals surface area contributed by atoms with Crippen molar-refractivity contribution in [3.05, 3.63) is 29.0 Å². The number of ether oxygens (including phenoxy) is 1. The second-order valence-electron chi connectivity index (χ2n) is 4.34. The van der Waals surface area contributed by atoms with Crippen molar-refractivity contribution in [2.75, 3.05) is 6.61 Å². The molecule has 5 heteroatoms. The van der Waals surface area contributed by atoms with Crippen LogP contribution in [0.25, 0.3) is 0 Å². The molecule has 0 radical (unpaired) electrons. The number of carboxylic acids is 1. The molecule has 0 saturated heterocycles. The second-order valence-corrected chi connectivity index (χ2v) is 4.75. The molecule has 1 aromatic carbocycles. The zero-order chi connectivity index (χ0) is 13.1. The number of carbonyl (C=O) groups is 1. The predicted octanol–water partition coefficient (Wildman–Crippen LogP) is 3.36. The van der Waals surface area contributed by atoms with E-state index >= 15 is 0 Å². The molecule has 0 spiro atoms. The van der Waals surface area contributed by atoms with Crippen molar-refractivity contribution in [1.29, 1.82) is 0 Å². The van der Waals surface area contributed by atoms with Crippen LogP contribution in [-0.2, 0) is 4.79 Å². The van der Waals surface area contributed by atoms with Crippen LogP contribution in [-0.4, -0.2) is 17.7 Å². The molecule has 0 aromatic heterocycles. The van der Waals surface area contributed by atoms with Crippen LogP contribution in [0.5, 0.6) is 5.75 Å². The first-order valence-corrected chi connectivity index (χ1v) is 5.52. The van der Waals surface area contributed by atoms with Gasteiger partial charge in [-0.2, -0.15) is 0 Å². The van der Waals surface area contributed by atoms with Gasteiger partial charge in [0.2, 0.25) is 0 Å². The van der Waals surface area contributed by atoms with E-state index < -0.39 is 17.2 Å². The van der Waals surface area contributed by atoms with E-state index in [0.717, 1.165) is 0 Å². The number of aliphatic carboxylic acids is 1. The molecule has 0 aliphatic carbocycles. The molecule has 3 nitrogen and oxygen atoms in total. The topological polar surface area (TPSA) is 46.5 Å². The van der Waals surface area contributed by atoms with E-state index in [9.17, 15) is 9.18 Å². The molecule has 0 fully saturated rings. The quantitative estimate of drug-likeness (QED) is 0.883. The zero-order valence-electron chi connectivity index (χ0n) is 9.67. The van der Waals surface area contributed by atoms with Gasteiger partial charge < -0.3 is 9.84 Å². The Labute approximate surface area is 104 Å². The highest BCUT2D eigenvalue weighted by molar-refractivity contribution is 6.30. The maximum atomic E-state index is 13.4. The van der Waals surface area contributed by atoms with E-state index in [1.54, 1.807) is 19.9 Å². The van der Waals surface area contributed by atoms with Gasteiger partial charge in [0, 0.05) is 0 Å². The Bertz CT molecular complexity index is 418. The molecule has 0 unspecified atom stereocenters. The van der Waals surface area contributed by atoms with Crippen molar-refractivity contribution < 1.29 is 19.0 Å². The Morgan fingerprint density at radius 3 is 2.76 bits per heavy atom. The molecule has 0 aliphatic rings. The molecule has 0 aliphatic heterocycles. The van der Waals surface area contributed by atoms with Gasteiger partial charge in [0.1, 0.15) is 0 Å². The van der Waals surface area contributed by atoms with E-state index in [-0.39, 0.29) is 23.8 Å². The summed E-state index contributed by atoms with van der Waals surface area (Å²) in [5.41, 5.74) is -0.894. The number of hydrogen-bond donors (Lipinski definition) is 1. The summed E-state index contributed by atoms with van der Waals surface area (Å²) >= 11 is 5.58. The van der Waals surface area contributed by atoms with Crippen LogP contribution in [0.15, 0.2) is 18.2 Å². The summed E-state index contributed by atoms with van der Waals surface area (Å²) in [5, 5.41) is 8.87. The van der Waals surface area contributed by atoms with Gasteiger partial charge >= 0.3 is 5.97 Å². The first-order valence-electron chi connectivity index (χ1n) is 5.15. The first-order chi connectivity index (χ1) is 7.84. The highest BCUT2D eigenvalue weighted by Crippen LogP contribution is 2.26. The number of rotatable bonds is 5. The predicted molar refractivity (Wildman–Crippen MR) is 62.9 cm³/mol. The van der Waals surface area contributed by atoms with Crippen LogP contribution >= 0.6 is 11.6 Å². The Morgan fingerprint density at radius 2 is 2.18 bits per heavy atom. The van der Waals surface area contributed by atoms with Crippen LogP contribution in [0.4, 0.5) is 4.39 Å². The van der Waals surface area contributed by atoms with E-state index in [0.29, 0.717) is 0 Å². The van der Waals surface area contributed by atoms with Gasteiger partial charge in [0.25, 0.3) is 0 Å². The SMILES string of the molecule is CC(C)(CCOc1cccc(Cl)c1F)C(=O)O. The molecule has 94 valence electrons. The fourth-order valence-corrected chi connectivity index (χ4v) is 1.28. The lowest BCUT2D eigenvalue weighted by atomic mass is 9.90. The lowest BCUT2D eigenvalue weighted by Gasteiger charge is -2.19. The molecular weight excluding hydrogens is 247 g/mol. The van der Waals surface area contributed by atoms with Crippen molar-refractivity contribution in [2.45, 2.75) is 20.3 Å². The van der Waals surface area contributed by atoms with Crippen LogP contribution < -0.4 is 4.74 Å². The van der Waals surface area contributed by atoms with Crippen LogP contribution in [0, 0.1) is 11.2 Å². The van der Waals surface area contributed by atoms with E-state index in [2.05, 4.69) is 0 Å². The third kappa shape index (κ3) is 3.60. The molecule has 1 N–H and O–H groups in total. The molecular formula is C12H14ClFO3. The van der Waals surface area contributed by atoms with E-state index in [1.165, 1.54) is 12.1 Å². The summed E-state index contributed by atoms with van der Waals surface area (Å²) in [7, 11) is 0. The summed E-state index contributed by atoms with van der Waals surface area (Å²) in [4.78, 5) is 10.8. The van der Waals surface area contributed by atoms with Gasteiger partial charge in [-0.25, -0.2) is 4.39 Å². The number of benzene rings is 1. The molecule has 0 bridgehead atoms. The average Bonchev–Trinajstić information content (AvgIpc) is 2.24. The van der Waals surface area contributed by atoms with E-state index in [4.69, 9.17) is 21.4 Å². The maximum Gasteiger partial charge on any atom is 0.309 e. The lowest BCUT2D eigenvalue weighted by Crippen LogP contribution is -2.25. The van der Waals surface area contributed by atoms with Crippen molar-refractivity contribution in [1.82, 2.24) is 0 Å². The fourth-order valence-electron chi connectivity index (χ4n) is 1.12. The second kappa shape index (κ2) is 5.36. The monoisotopic (exact) mass is 260 g/mol. The van der Waals surface area contributed by atoms with Crippen molar-refractivity contribution >= 4 is 17.6 Å². The Kier molecular flexibility index (Phi) is 4.34. The number of hydrogen-bond acceptors (Lipinski definition) is 2. The minimum atomic E-state index is -0.910. The third-order valence-electron chi connectivity index (χ3n) is 2.48. The maximum absolute atomic E-state index is 13.4. The van der Waals surface area contributed by atoms with E-state index in [1.807, 2.05) is 0 Å². The molecule has 0 heterocycles. The van der Waals surface area contributed by atoms with Crippen LogP contribution in [0.3, 0.4) is 0 Å². The summed E-state index contributed by atoms with van der Waals surface area (Å²) < 4.78 is 18.6. The van der Waals surface area contributed by atoms with Crippen LogP contribution in [0.2, 0.25) is 5.02 Å². The molecule has 0 amide bonds. The van der Waals surface area contributed by atoms with Gasteiger partial charge in [-0.05, 0) is 32.4 Å². The summed E-state index contributed by atoms with van der Waals surface area (Å²) in [6.07, 6.45) is 0.286. The van der Waals surface area contributed by atoms with Gasteiger partial charge in [-0.15, -0.1) is 0 Å². The fraction of sp³-hybridized carbons (Fsp3) is 0.417. The van der Waals surface area contributed by atoms with Crippen molar-refractivity contribution in [2.24, 2.45) is 5.41 Å². The van der Waals surface area contributed by atoms with Crippen molar-refractivity contribution in [3.8, 4) is 5.75 Å². The lowest BCUT2D eigenvalue weighted by molar-refractivity contribution is -0.147.